The standard InChI is InChI=1S/C22H25N5O4S/c1-14-19(21(28)27(26(14)2)16-9-7-6-8-10-16)24-22(32)25-23-13-15-11-17(29-3)20(31-5)18(12-15)30-4/h6-13H,1-5H3,(H2,24,25,32)/b23-13+. The number of hydrogen-bond acceptors (Lipinski definition) is 6. The van der Waals surface area contributed by atoms with Crippen LogP contribution in [0.5, 0.6) is 17.2 Å². The second kappa shape index (κ2) is 10.0. The summed E-state index contributed by atoms with van der Waals surface area (Å²) in [7, 11) is 6.44. The van der Waals surface area contributed by atoms with E-state index in [0.29, 0.717) is 28.5 Å². The maximum absolute atomic E-state index is 13.0. The van der Waals surface area contributed by atoms with Crippen molar-refractivity contribution in [2.45, 2.75) is 6.92 Å². The Kier molecular flexibility index (Phi) is 7.16. The Balaban J connectivity index is 1.76. The van der Waals surface area contributed by atoms with Crippen LogP contribution in [-0.2, 0) is 7.05 Å². The predicted molar refractivity (Wildman–Crippen MR) is 129 cm³/mol. The van der Waals surface area contributed by atoms with Crippen molar-refractivity contribution in [3.05, 3.63) is 64.1 Å². The van der Waals surface area contributed by atoms with Gasteiger partial charge in [-0.15, -0.1) is 0 Å². The van der Waals surface area contributed by atoms with Crippen molar-refractivity contribution in [3.63, 3.8) is 0 Å². The Morgan fingerprint density at radius 1 is 1.06 bits per heavy atom. The minimum atomic E-state index is -0.214. The third-order valence-corrected chi connectivity index (χ3v) is 5.05. The van der Waals surface area contributed by atoms with Crippen molar-refractivity contribution in [2.75, 3.05) is 26.6 Å². The molecule has 0 amide bonds. The van der Waals surface area contributed by atoms with Crippen molar-refractivity contribution < 1.29 is 14.2 Å². The first-order valence-electron chi connectivity index (χ1n) is 9.65. The number of ether oxygens (including phenoxy) is 3. The number of nitrogens with one attached hydrogen (secondary N) is 2. The van der Waals surface area contributed by atoms with Crippen LogP contribution < -0.4 is 30.5 Å². The molecule has 0 saturated carbocycles. The summed E-state index contributed by atoms with van der Waals surface area (Å²) in [5.41, 5.74) is 5.08. The molecule has 3 aromatic rings. The van der Waals surface area contributed by atoms with E-state index in [2.05, 4.69) is 15.8 Å². The Morgan fingerprint density at radius 2 is 1.69 bits per heavy atom. The second-order valence-electron chi connectivity index (χ2n) is 6.72. The van der Waals surface area contributed by atoms with Gasteiger partial charge in [0.25, 0.3) is 5.56 Å². The molecule has 0 saturated heterocycles. The minimum Gasteiger partial charge on any atom is -0.493 e. The van der Waals surface area contributed by atoms with E-state index in [4.69, 9.17) is 26.4 Å². The number of aromatic nitrogens is 2. The smallest absolute Gasteiger partial charge is 0.295 e. The molecule has 0 atom stereocenters. The fourth-order valence-electron chi connectivity index (χ4n) is 3.20. The van der Waals surface area contributed by atoms with Gasteiger partial charge in [-0.1, -0.05) is 18.2 Å². The average molecular weight is 456 g/mol. The number of anilines is 1. The molecule has 0 aliphatic carbocycles. The molecule has 0 fully saturated rings. The number of nitrogens with zero attached hydrogens (tertiary/aromatic N) is 3. The number of para-hydroxylation sites is 1. The van der Waals surface area contributed by atoms with Crippen LogP contribution in [0.3, 0.4) is 0 Å². The normalized spacial score (nSPS) is 10.8. The molecule has 1 heterocycles. The molecule has 2 N–H and O–H groups in total. The van der Waals surface area contributed by atoms with Gasteiger partial charge in [0.05, 0.1) is 38.9 Å². The van der Waals surface area contributed by atoms with E-state index in [1.54, 1.807) is 41.9 Å². The Morgan fingerprint density at radius 3 is 2.25 bits per heavy atom. The van der Waals surface area contributed by atoms with E-state index in [1.807, 2.05) is 44.3 Å². The largest absolute Gasteiger partial charge is 0.493 e. The van der Waals surface area contributed by atoms with E-state index in [-0.39, 0.29) is 10.7 Å². The van der Waals surface area contributed by atoms with Crippen LogP contribution in [0.25, 0.3) is 5.69 Å². The molecule has 168 valence electrons. The molecule has 3 rings (SSSR count). The molecule has 0 aliphatic rings. The number of hydrogen-bond donors (Lipinski definition) is 2. The molecule has 0 spiro atoms. The van der Waals surface area contributed by atoms with Crippen molar-refractivity contribution >= 4 is 29.2 Å². The molecule has 0 aliphatic heterocycles. The first-order chi connectivity index (χ1) is 15.4. The third kappa shape index (κ3) is 4.59. The highest BCUT2D eigenvalue weighted by Gasteiger charge is 2.17. The van der Waals surface area contributed by atoms with Gasteiger partial charge in [0, 0.05) is 12.6 Å². The molecule has 2 aromatic carbocycles. The van der Waals surface area contributed by atoms with Gasteiger partial charge in [0.1, 0.15) is 5.69 Å². The number of thiocarbonyl (C=S) groups is 1. The van der Waals surface area contributed by atoms with Crippen LogP contribution in [0.1, 0.15) is 11.3 Å². The summed E-state index contributed by atoms with van der Waals surface area (Å²) in [6.45, 7) is 1.84. The van der Waals surface area contributed by atoms with E-state index >= 15 is 0 Å². The van der Waals surface area contributed by atoms with Crippen molar-refractivity contribution in [1.82, 2.24) is 14.8 Å². The van der Waals surface area contributed by atoms with Gasteiger partial charge in [0.2, 0.25) is 5.75 Å². The lowest BCUT2D eigenvalue weighted by Gasteiger charge is -2.12. The van der Waals surface area contributed by atoms with Gasteiger partial charge >= 0.3 is 0 Å². The molecular weight excluding hydrogens is 430 g/mol. The molecular formula is C22H25N5O4S. The zero-order valence-corrected chi connectivity index (χ0v) is 19.3. The van der Waals surface area contributed by atoms with Gasteiger partial charge in [0.15, 0.2) is 16.6 Å². The molecule has 9 nitrogen and oxygen atoms in total. The zero-order valence-electron chi connectivity index (χ0n) is 18.5. The lowest BCUT2D eigenvalue weighted by atomic mass is 10.2. The van der Waals surface area contributed by atoms with Crippen molar-refractivity contribution in [2.24, 2.45) is 12.1 Å². The van der Waals surface area contributed by atoms with Crippen LogP contribution in [0, 0.1) is 6.92 Å². The summed E-state index contributed by atoms with van der Waals surface area (Å²) in [6.07, 6.45) is 1.55. The Labute approximate surface area is 191 Å². The van der Waals surface area contributed by atoms with Gasteiger partial charge in [-0.05, 0) is 43.4 Å². The van der Waals surface area contributed by atoms with E-state index in [0.717, 1.165) is 11.4 Å². The van der Waals surface area contributed by atoms with Crippen LogP contribution in [0.2, 0.25) is 0 Å². The molecule has 10 heteroatoms. The van der Waals surface area contributed by atoms with Gasteiger partial charge in [-0.3, -0.25) is 14.9 Å². The lowest BCUT2D eigenvalue weighted by molar-refractivity contribution is 0.324. The lowest BCUT2D eigenvalue weighted by Crippen LogP contribution is -2.28. The fourth-order valence-corrected chi connectivity index (χ4v) is 3.35. The van der Waals surface area contributed by atoms with Crippen LogP contribution in [-0.4, -0.2) is 42.0 Å². The van der Waals surface area contributed by atoms with Crippen molar-refractivity contribution in [3.8, 4) is 22.9 Å². The number of rotatable bonds is 7. The van der Waals surface area contributed by atoms with Gasteiger partial charge in [-0.2, -0.15) is 5.10 Å². The molecule has 0 unspecified atom stereocenters. The highest BCUT2D eigenvalue weighted by molar-refractivity contribution is 7.80. The first kappa shape index (κ1) is 22.9. The summed E-state index contributed by atoms with van der Waals surface area (Å²) in [5, 5.41) is 7.27. The van der Waals surface area contributed by atoms with Crippen LogP contribution >= 0.6 is 12.2 Å². The highest BCUT2D eigenvalue weighted by atomic mass is 32.1. The molecule has 32 heavy (non-hydrogen) atoms. The zero-order chi connectivity index (χ0) is 23.3. The summed E-state index contributed by atoms with van der Waals surface area (Å²) >= 11 is 5.31. The van der Waals surface area contributed by atoms with E-state index in [1.165, 1.54) is 7.11 Å². The number of benzene rings is 2. The highest BCUT2D eigenvalue weighted by Crippen LogP contribution is 2.37. The maximum Gasteiger partial charge on any atom is 0.295 e. The van der Waals surface area contributed by atoms with Crippen molar-refractivity contribution in [1.29, 1.82) is 0 Å². The Hall–Kier alpha value is -3.79. The monoisotopic (exact) mass is 455 g/mol. The maximum atomic E-state index is 13.0. The quantitative estimate of drug-likeness (QED) is 0.322. The summed E-state index contributed by atoms with van der Waals surface area (Å²) < 4.78 is 19.3. The fraction of sp³-hybridized carbons (Fsp3) is 0.227. The summed E-state index contributed by atoms with van der Waals surface area (Å²) in [4.78, 5) is 13.0. The number of methoxy groups -OCH3 is 3. The summed E-state index contributed by atoms with van der Waals surface area (Å²) in [5.74, 6) is 1.51. The van der Waals surface area contributed by atoms with Crippen LogP contribution in [0.15, 0.2) is 52.4 Å². The van der Waals surface area contributed by atoms with E-state index in [9.17, 15) is 4.79 Å². The van der Waals surface area contributed by atoms with Gasteiger partial charge < -0.3 is 19.5 Å². The first-order valence-corrected chi connectivity index (χ1v) is 10.1. The Bertz CT molecular complexity index is 1180. The molecule has 1 aromatic heterocycles. The van der Waals surface area contributed by atoms with Gasteiger partial charge in [-0.25, -0.2) is 4.68 Å². The molecule has 0 radical (unpaired) electrons. The second-order valence-corrected chi connectivity index (χ2v) is 7.13. The SMILES string of the molecule is COc1cc(/C=N/NC(=S)Nc2c(C)n(C)n(-c3ccccc3)c2=O)cc(OC)c1OC. The minimum absolute atomic E-state index is 0.180. The average Bonchev–Trinajstić information content (AvgIpc) is 3.01. The summed E-state index contributed by atoms with van der Waals surface area (Å²) in [6, 6.07) is 12.9. The van der Waals surface area contributed by atoms with Crippen LogP contribution in [0.4, 0.5) is 5.69 Å². The molecule has 0 bridgehead atoms. The number of hydrazone groups is 1. The predicted octanol–water partition coefficient (Wildman–Crippen LogP) is 2.83. The third-order valence-electron chi connectivity index (χ3n) is 4.86. The topological polar surface area (TPSA) is 91.0 Å². The van der Waals surface area contributed by atoms with E-state index < -0.39 is 0 Å².